The van der Waals surface area contributed by atoms with E-state index in [4.69, 9.17) is 35.4 Å². The zero-order chi connectivity index (χ0) is 15.7. The lowest BCUT2D eigenvalue weighted by Crippen LogP contribution is -1.92. The SMILES string of the molecule is N#Cc1c(-c2ccc(Cl)cc2Cl)cc(-c2cccs2)[nH]c1=S. The third-order valence-electron chi connectivity index (χ3n) is 3.15. The van der Waals surface area contributed by atoms with Crippen LogP contribution in [0.1, 0.15) is 5.56 Å². The van der Waals surface area contributed by atoms with Crippen LogP contribution >= 0.6 is 46.8 Å². The maximum Gasteiger partial charge on any atom is 0.122 e. The summed E-state index contributed by atoms with van der Waals surface area (Å²) in [6.45, 7) is 0. The molecule has 0 aliphatic heterocycles. The van der Waals surface area contributed by atoms with Crippen LogP contribution in [-0.4, -0.2) is 4.98 Å². The summed E-state index contributed by atoms with van der Waals surface area (Å²) in [5, 5.41) is 12.4. The molecular formula is C16H8Cl2N2S2. The van der Waals surface area contributed by atoms with Gasteiger partial charge >= 0.3 is 0 Å². The van der Waals surface area contributed by atoms with Crippen LogP contribution in [-0.2, 0) is 0 Å². The summed E-state index contributed by atoms with van der Waals surface area (Å²) in [5.74, 6) is 0. The summed E-state index contributed by atoms with van der Waals surface area (Å²) in [4.78, 5) is 4.15. The van der Waals surface area contributed by atoms with Crippen molar-refractivity contribution in [2.75, 3.05) is 0 Å². The highest BCUT2D eigenvalue weighted by Crippen LogP contribution is 2.35. The normalized spacial score (nSPS) is 10.4. The molecule has 22 heavy (non-hydrogen) atoms. The third kappa shape index (κ3) is 2.81. The summed E-state index contributed by atoms with van der Waals surface area (Å²) >= 11 is 19.2. The van der Waals surface area contributed by atoms with E-state index in [9.17, 15) is 5.26 Å². The molecule has 0 fully saturated rings. The van der Waals surface area contributed by atoms with E-state index in [0.717, 1.165) is 16.1 Å². The number of nitrogens with zero attached hydrogens (tertiary/aromatic N) is 1. The van der Waals surface area contributed by atoms with E-state index >= 15 is 0 Å². The number of nitrogens with one attached hydrogen (secondary N) is 1. The van der Waals surface area contributed by atoms with Crippen LogP contribution < -0.4 is 0 Å². The maximum absolute atomic E-state index is 9.42. The number of thiophene rings is 1. The second-order valence-corrected chi connectivity index (χ2v) is 6.71. The summed E-state index contributed by atoms with van der Waals surface area (Å²) in [5.41, 5.74) is 2.70. The number of pyridine rings is 1. The summed E-state index contributed by atoms with van der Waals surface area (Å²) < 4.78 is 0.398. The van der Waals surface area contributed by atoms with E-state index in [2.05, 4.69) is 11.1 Å². The van der Waals surface area contributed by atoms with Gasteiger partial charge in [0.25, 0.3) is 0 Å². The summed E-state index contributed by atoms with van der Waals surface area (Å²) in [6, 6.07) is 13.2. The minimum absolute atomic E-state index is 0.398. The van der Waals surface area contributed by atoms with Crippen LogP contribution in [0.5, 0.6) is 0 Å². The predicted molar refractivity (Wildman–Crippen MR) is 95.1 cm³/mol. The Morgan fingerprint density at radius 3 is 2.59 bits per heavy atom. The molecule has 0 radical (unpaired) electrons. The first-order valence-corrected chi connectivity index (χ1v) is 8.31. The van der Waals surface area contributed by atoms with Crippen LogP contribution in [0.25, 0.3) is 21.7 Å². The van der Waals surface area contributed by atoms with Crippen molar-refractivity contribution in [3.05, 3.63) is 62.0 Å². The van der Waals surface area contributed by atoms with Crippen LogP contribution in [0, 0.1) is 16.0 Å². The molecule has 0 aliphatic rings. The average Bonchev–Trinajstić information content (AvgIpc) is 3.00. The second-order valence-electron chi connectivity index (χ2n) is 4.51. The molecule has 2 heterocycles. The van der Waals surface area contributed by atoms with Crippen LogP contribution in [0.3, 0.4) is 0 Å². The van der Waals surface area contributed by atoms with Gasteiger partial charge in [-0.2, -0.15) is 5.26 Å². The number of nitriles is 1. The van der Waals surface area contributed by atoms with Gasteiger partial charge in [0, 0.05) is 21.2 Å². The van der Waals surface area contributed by atoms with Crippen molar-refractivity contribution in [2.45, 2.75) is 0 Å². The van der Waals surface area contributed by atoms with Crippen LogP contribution in [0.2, 0.25) is 10.0 Å². The molecule has 0 spiro atoms. The number of aromatic amines is 1. The Labute approximate surface area is 146 Å². The van der Waals surface area contributed by atoms with E-state index < -0.39 is 0 Å². The van der Waals surface area contributed by atoms with E-state index in [-0.39, 0.29) is 0 Å². The Bertz CT molecular complexity index is 938. The van der Waals surface area contributed by atoms with E-state index in [1.54, 1.807) is 29.5 Å². The molecule has 1 N–H and O–H groups in total. The van der Waals surface area contributed by atoms with Gasteiger partial charge in [-0.15, -0.1) is 11.3 Å². The summed E-state index contributed by atoms with van der Waals surface area (Å²) in [6.07, 6.45) is 0. The van der Waals surface area contributed by atoms with Crippen molar-refractivity contribution in [2.24, 2.45) is 0 Å². The van der Waals surface area contributed by atoms with Gasteiger partial charge in [-0.3, -0.25) is 0 Å². The Morgan fingerprint density at radius 1 is 1.14 bits per heavy atom. The topological polar surface area (TPSA) is 39.6 Å². The maximum atomic E-state index is 9.42. The lowest BCUT2D eigenvalue weighted by Gasteiger charge is -2.10. The van der Waals surface area contributed by atoms with Gasteiger partial charge in [0.2, 0.25) is 0 Å². The van der Waals surface area contributed by atoms with Gasteiger partial charge in [0.15, 0.2) is 0 Å². The fourth-order valence-electron chi connectivity index (χ4n) is 2.16. The highest BCUT2D eigenvalue weighted by molar-refractivity contribution is 7.71. The number of benzene rings is 1. The predicted octanol–water partition coefficient (Wildman–Crippen LogP) is 6.32. The first kappa shape index (κ1) is 15.3. The highest BCUT2D eigenvalue weighted by atomic mass is 35.5. The number of rotatable bonds is 2. The lowest BCUT2D eigenvalue weighted by molar-refractivity contribution is 1.28. The van der Waals surface area contributed by atoms with E-state index in [1.165, 1.54) is 0 Å². The number of aromatic nitrogens is 1. The molecule has 2 aromatic heterocycles. The molecule has 6 heteroatoms. The molecule has 1 aromatic carbocycles. The molecule has 0 aliphatic carbocycles. The minimum atomic E-state index is 0.398. The second kappa shape index (κ2) is 6.23. The van der Waals surface area contributed by atoms with Crippen molar-refractivity contribution < 1.29 is 0 Å². The zero-order valence-corrected chi connectivity index (χ0v) is 14.2. The van der Waals surface area contributed by atoms with E-state index in [1.807, 2.05) is 23.6 Å². The van der Waals surface area contributed by atoms with Crippen LogP contribution in [0.15, 0.2) is 41.8 Å². The molecule has 0 saturated carbocycles. The zero-order valence-electron chi connectivity index (χ0n) is 11.1. The standard InChI is InChI=1S/C16H8Cl2N2S2/c17-9-3-4-10(13(18)6-9)11-7-14(15-2-1-5-22-15)20-16(21)12(11)8-19/h1-7H,(H,20,21). The van der Waals surface area contributed by atoms with Gasteiger partial charge < -0.3 is 4.98 Å². The van der Waals surface area contributed by atoms with Crippen molar-refractivity contribution in [1.29, 1.82) is 5.26 Å². The molecule has 2 nitrogen and oxygen atoms in total. The molecule has 0 bridgehead atoms. The molecule has 0 amide bonds. The molecule has 0 atom stereocenters. The third-order valence-corrected chi connectivity index (χ3v) is 4.91. The van der Waals surface area contributed by atoms with Crippen molar-refractivity contribution in [3.63, 3.8) is 0 Å². The molecule has 3 rings (SSSR count). The number of hydrogen-bond donors (Lipinski definition) is 1. The molecule has 0 saturated heterocycles. The highest BCUT2D eigenvalue weighted by Gasteiger charge is 2.13. The molecule has 3 aromatic rings. The fourth-order valence-corrected chi connectivity index (χ4v) is 3.63. The quantitative estimate of drug-likeness (QED) is 0.541. The van der Waals surface area contributed by atoms with Crippen LogP contribution in [0.4, 0.5) is 0 Å². The van der Waals surface area contributed by atoms with Crippen molar-refractivity contribution in [1.82, 2.24) is 4.98 Å². The Balaban J connectivity index is 2.30. The minimum Gasteiger partial charge on any atom is -0.344 e. The number of hydrogen-bond acceptors (Lipinski definition) is 3. The first-order chi connectivity index (χ1) is 10.6. The van der Waals surface area contributed by atoms with Gasteiger partial charge in [-0.1, -0.05) is 47.6 Å². The average molecular weight is 363 g/mol. The lowest BCUT2D eigenvalue weighted by atomic mass is 10.0. The monoisotopic (exact) mass is 362 g/mol. The Hall–Kier alpha value is -1.64. The largest absolute Gasteiger partial charge is 0.344 e. The molecule has 0 unspecified atom stereocenters. The van der Waals surface area contributed by atoms with Crippen molar-refractivity contribution >= 4 is 46.8 Å². The molecular weight excluding hydrogens is 355 g/mol. The first-order valence-electron chi connectivity index (χ1n) is 6.27. The van der Waals surface area contributed by atoms with Crippen molar-refractivity contribution in [3.8, 4) is 27.8 Å². The Morgan fingerprint density at radius 2 is 1.95 bits per heavy atom. The van der Waals surface area contributed by atoms with E-state index in [0.29, 0.717) is 25.8 Å². The van der Waals surface area contributed by atoms with Gasteiger partial charge in [0.1, 0.15) is 10.7 Å². The molecule has 108 valence electrons. The Kier molecular flexibility index (Phi) is 4.32. The van der Waals surface area contributed by atoms with Gasteiger partial charge in [-0.25, -0.2) is 0 Å². The number of H-pyrrole nitrogens is 1. The fraction of sp³-hybridized carbons (Fsp3) is 0. The van der Waals surface area contributed by atoms with Gasteiger partial charge in [-0.05, 0) is 29.6 Å². The smallest absolute Gasteiger partial charge is 0.122 e. The summed E-state index contributed by atoms with van der Waals surface area (Å²) in [7, 11) is 0. The van der Waals surface area contributed by atoms with Gasteiger partial charge in [0.05, 0.1) is 16.1 Å². The number of halogens is 2.